The predicted octanol–water partition coefficient (Wildman–Crippen LogP) is -0.545. The Morgan fingerprint density at radius 2 is 2.33 bits per heavy atom. The first-order chi connectivity index (χ1) is 7.20. The minimum absolute atomic E-state index is 0.0829. The molecule has 0 spiro atoms. The molecule has 2 atom stereocenters. The van der Waals surface area contributed by atoms with Crippen LogP contribution in [0.3, 0.4) is 0 Å². The molecule has 1 aliphatic rings. The Labute approximate surface area is 90.5 Å². The molecule has 0 aromatic rings. The molecule has 0 aliphatic carbocycles. The number of hydrogen-bond donors (Lipinski definition) is 1. The Bertz CT molecular complexity index is 211. The molecule has 0 saturated carbocycles. The Kier molecular flexibility index (Phi) is 5.01. The molecule has 0 radical (unpaired) electrons. The monoisotopic (exact) mass is 216 g/mol. The fourth-order valence-corrected chi connectivity index (χ4v) is 1.69. The normalized spacial score (nSPS) is 25.5. The minimum Gasteiger partial charge on any atom is -0.383 e. The van der Waals surface area contributed by atoms with Gasteiger partial charge in [-0.2, -0.15) is 0 Å². The number of hydrogen-bond acceptors (Lipinski definition) is 4. The number of amides is 1. The number of carbonyl (C=O) groups is 1. The van der Waals surface area contributed by atoms with Crippen LogP contribution >= 0.6 is 0 Å². The number of likely N-dealkylation sites (N-methyl/N-ethyl adjacent to an activating group) is 1. The molecule has 2 unspecified atom stereocenters. The zero-order valence-electron chi connectivity index (χ0n) is 9.44. The van der Waals surface area contributed by atoms with Crippen LogP contribution in [0.5, 0.6) is 0 Å². The van der Waals surface area contributed by atoms with Crippen molar-refractivity contribution in [3.8, 4) is 0 Å². The molecule has 1 aliphatic heterocycles. The van der Waals surface area contributed by atoms with Crippen molar-refractivity contribution in [3.63, 3.8) is 0 Å². The van der Waals surface area contributed by atoms with Crippen LogP contribution in [0.25, 0.3) is 0 Å². The van der Waals surface area contributed by atoms with Crippen LogP contribution < -0.4 is 5.73 Å². The second kappa shape index (κ2) is 6.05. The van der Waals surface area contributed by atoms with Crippen molar-refractivity contribution in [2.75, 3.05) is 40.0 Å². The standard InChI is InChI=1S/C10H20N2O3/c1-3-12(4-5-14-2)10(13)8-6-15-7-9(8)11/h8-9H,3-7,11H2,1-2H3. The van der Waals surface area contributed by atoms with E-state index in [2.05, 4.69) is 0 Å². The quantitative estimate of drug-likeness (QED) is 0.670. The van der Waals surface area contributed by atoms with E-state index in [4.69, 9.17) is 15.2 Å². The first-order valence-electron chi connectivity index (χ1n) is 5.31. The van der Waals surface area contributed by atoms with Crippen molar-refractivity contribution in [2.24, 2.45) is 11.7 Å². The molecule has 0 aromatic carbocycles. The smallest absolute Gasteiger partial charge is 0.229 e. The highest BCUT2D eigenvalue weighted by Crippen LogP contribution is 2.14. The Morgan fingerprint density at radius 3 is 2.80 bits per heavy atom. The van der Waals surface area contributed by atoms with Crippen molar-refractivity contribution in [1.29, 1.82) is 0 Å². The Morgan fingerprint density at radius 1 is 1.60 bits per heavy atom. The van der Waals surface area contributed by atoms with Gasteiger partial charge in [0.15, 0.2) is 0 Å². The van der Waals surface area contributed by atoms with Crippen LogP contribution in [-0.2, 0) is 14.3 Å². The summed E-state index contributed by atoms with van der Waals surface area (Å²) in [5, 5.41) is 0. The van der Waals surface area contributed by atoms with Gasteiger partial charge in [0, 0.05) is 26.2 Å². The van der Waals surface area contributed by atoms with Gasteiger partial charge < -0.3 is 20.1 Å². The molecule has 1 heterocycles. The van der Waals surface area contributed by atoms with Gasteiger partial charge in [-0.1, -0.05) is 0 Å². The number of rotatable bonds is 5. The number of nitrogens with two attached hydrogens (primary N) is 1. The van der Waals surface area contributed by atoms with Gasteiger partial charge in [-0.05, 0) is 6.92 Å². The lowest BCUT2D eigenvalue weighted by molar-refractivity contribution is -0.136. The fourth-order valence-electron chi connectivity index (χ4n) is 1.69. The van der Waals surface area contributed by atoms with Crippen molar-refractivity contribution in [3.05, 3.63) is 0 Å². The molecule has 88 valence electrons. The summed E-state index contributed by atoms with van der Waals surface area (Å²) < 4.78 is 10.1. The highest BCUT2D eigenvalue weighted by atomic mass is 16.5. The summed E-state index contributed by atoms with van der Waals surface area (Å²) in [5.41, 5.74) is 5.80. The second-order valence-corrected chi connectivity index (χ2v) is 3.72. The Balaban J connectivity index is 2.48. The molecule has 1 saturated heterocycles. The van der Waals surface area contributed by atoms with E-state index < -0.39 is 0 Å². The summed E-state index contributed by atoms with van der Waals surface area (Å²) >= 11 is 0. The van der Waals surface area contributed by atoms with Gasteiger partial charge in [-0.25, -0.2) is 0 Å². The van der Waals surface area contributed by atoms with Crippen LogP contribution in [0.2, 0.25) is 0 Å². The van der Waals surface area contributed by atoms with Gasteiger partial charge in [0.05, 0.1) is 25.7 Å². The summed E-state index contributed by atoms with van der Waals surface area (Å²) in [6, 6.07) is -0.158. The van der Waals surface area contributed by atoms with Crippen LogP contribution in [0.15, 0.2) is 0 Å². The van der Waals surface area contributed by atoms with Crippen molar-refractivity contribution in [2.45, 2.75) is 13.0 Å². The van der Waals surface area contributed by atoms with Crippen LogP contribution in [-0.4, -0.2) is 56.9 Å². The maximum atomic E-state index is 12.0. The van der Waals surface area contributed by atoms with Crippen molar-refractivity contribution < 1.29 is 14.3 Å². The fraction of sp³-hybridized carbons (Fsp3) is 0.900. The first-order valence-corrected chi connectivity index (χ1v) is 5.31. The second-order valence-electron chi connectivity index (χ2n) is 3.72. The summed E-state index contributed by atoms with van der Waals surface area (Å²) in [6.45, 7) is 4.75. The SMILES string of the molecule is CCN(CCOC)C(=O)C1COCC1N. The zero-order chi connectivity index (χ0) is 11.3. The molecule has 1 fully saturated rings. The van der Waals surface area contributed by atoms with Gasteiger partial charge in [0.1, 0.15) is 0 Å². The number of carbonyl (C=O) groups excluding carboxylic acids is 1. The number of methoxy groups -OCH3 is 1. The molecule has 15 heavy (non-hydrogen) atoms. The molecule has 2 N–H and O–H groups in total. The van der Waals surface area contributed by atoms with Gasteiger partial charge in [0.2, 0.25) is 5.91 Å². The molecule has 1 amide bonds. The zero-order valence-corrected chi connectivity index (χ0v) is 9.44. The number of nitrogens with zero attached hydrogens (tertiary/aromatic N) is 1. The third-order valence-electron chi connectivity index (χ3n) is 2.70. The molecule has 5 nitrogen and oxygen atoms in total. The lowest BCUT2D eigenvalue weighted by atomic mass is 10.0. The van der Waals surface area contributed by atoms with Gasteiger partial charge in [-0.3, -0.25) is 4.79 Å². The molecular formula is C10H20N2O3. The van der Waals surface area contributed by atoms with E-state index in [-0.39, 0.29) is 17.9 Å². The van der Waals surface area contributed by atoms with Gasteiger partial charge in [0.25, 0.3) is 0 Å². The maximum Gasteiger partial charge on any atom is 0.229 e. The lowest BCUT2D eigenvalue weighted by Gasteiger charge is -2.24. The maximum absolute atomic E-state index is 12.0. The van der Waals surface area contributed by atoms with E-state index in [1.165, 1.54) is 0 Å². The van der Waals surface area contributed by atoms with E-state index in [9.17, 15) is 4.79 Å². The molecule has 1 rings (SSSR count). The molecular weight excluding hydrogens is 196 g/mol. The van der Waals surface area contributed by atoms with E-state index >= 15 is 0 Å². The third-order valence-corrected chi connectivity index (χ3v) is 2.70. The minimum atomic E-state index is -0.179. The highest BCUT2D eigenvalue weighted by Gasteiger charge is 2.33. The van der Waals surface area contributed by atoms with Gasteiger partial charge in [-0.15, -0.1) is 0 Å². The number of ether oxygens (including phenoxy) is 2. The highest BCUT2D eigenvalue weighted by molar-refractivity contribution is 5.80. The molecule has 0 aromatic heterocycles. The van der Waals surface area contributed by atoms with E-state index in [1.807, 2.05) is 6.92 Å². The molecule has 5 heteroatoms. The topological polar surface area (TPSA) is 64.8 Å². The van der Waals surface area contributed by atoms with E-state index in [0.29, 0.717) is 32.9 Å². The first kappa shape index (κ1) is 12.4. The molecule has 0 bridgehead atoms. The lowest BCUT2D eigenvalue weighted by Crippen LogP contribution is -2.44. The largest absolute Gasteiger partial charge is 0.383 e. The summed E-state index contributed by atoms with van der Waals surface area (Å²) in [7, 11) is 1.63. The summed E-state index contributed by atoms with van der Waals surface area (Å²) in [5.74, 6) is -0.0960. The van der Waals surface area contributed by atoms with E-state index in [1.54, 1.807) is 12.0 Å². The van der Waals surface area contributed by atoms with Crippen LogP contribution in [0.1, 0.15) is 6.92 Å². The van der Waals surface area contributed by atoms with Crippen LogP contribution in [0.4, 0.5) is 0 Å². The summed E-state index contributed by atoms with van der Waals surface area (Å²) in [4.78, 5) is 13.8. The average Bonchev–Trinajstić information content (AvgIpc) is 2.65. The van der Waals surface area contributed by atoms with Crippen molar-refractivity contribution >= 4 is 5.91 Å². The van der Waals surface area contributed by atoms with Gasteiger partial charge >= 0.3 is 0 Å². The average molecular weight is 216 g/mol. The van der Waals surface area contributed by atoms with E-state index in [0.717, 1.165) is 0 Å². The predicted molar refractivity (Wildman–Crippen MR) is 56.4 cm³/mol. The third kappa shape index (κ3) is 3.15. The summed E-state index contributed by atoms with van der Waals surface area (Å²) in [6.07, 6.45) is 0. The van der Waals surface area contributed by atoms with Crippen molar-refractivity contribution in [1.82, 2.24) is 4.90 Å². The Hall–Kier alpha value is -0.650. The van der Waals surface area contributed by atoms with Crippen LogP contribution in [0, 0.1) is 5.92 Å².